The van der Waals surface area contributed by atoms with Gasteiger partial charge in [-0.3, -0.25) is 0 Å². The molecular weight excluding hydrogens is 287 g/mol. The number of nitrogens with one attached hydrogen (secondary N) is 1. The molecule has 0 atom stereocenters. The number of likely N-dealkylation sites (tertiary alicyclic amines) is 1. The smallest absolute Gasteiger partial charge is 0.321 e. The summed E-state index contributed by atoms with van der Waals surface area (Å²) in [6, 6.07) is 5.90. The predicted molar refractivity (Wildman–Crippen MR) is 82.5 cm³/mol. The lowest BCUT2D eigenvalue weighted by molar-refractivity contribution is -0.0152. The van der Waals surface area contributed by atoms with Gasteiger partial charge in [-0.05, 0) is 31.9 Å². The summed E-state index contributed by atoms with van der Waals surface area (Å²) in [5, 5.41) is 2.61. The number of nitrogens with zero attached hydrogens (tertiary/aromatic N) is 1. The number of urea groups is 1. The molecule has 2 rings (SSSR count). The van der Waals surface area contributed by atoms with Crippen molar-refractivity contribution in [2.75, 3.05) is 38.2 Å². The van der Waals surface area contributed by atoms with Crippen LogP contribution in [0.3, 0.4) is 0 Å². The molecule has 2 amide bonds. The quantitative estimate of drug-likeness (QED) is 0.822. The van der Waals surface area contributed by atoms with E-state index in [2.05, 4.69) is 5.32 Å². The van der Waals surface area contributed by atoms with Gasteiger partial charge in [-0.2, -0.15) is 0 Å². The van der Waals surface area contributed by atoms with Crippen LogP contribution in [-0.4, -0.2) is 49.9 Å². The highest BCUT2D eigenvalue weighted by molar-refractivity contribution is 5.89. The molecule has 1 heterocycles. The van der Waals surface area contributed by atoms with Crippen LogP contribution in [0.15, 0.2) is 24.3 Å². The molecule has 122 valence electrons. The first-order valence-electron chi connectivity index (χ1n) is 7.70. The summed E-state index contributed by atoms with van der Waals surface area (Å²) in [6.07, 6.45) is 1.74. The number of hydrogen-bond acceptors (Lipinski definition) is 3. The van der Waals surface area contributed by atoms with Crippen LogP contribution in [-0.2, 0) is 9.47 Å². The molecule has 0 saturated carbocycles. The Morgan fingerprint density at radius 2 is 2.05 bits per heavy atom. The monoisotopic (exact) mass is 310 g/mol. The molecule has 0 radical (unpaired) electrons. The Hall–Kier alpha value is -1.66. The average Bonchev–Trinajstić information content (AvgIpc) is 2.54. The second kappa shape index (κ2) is 8.70. The van der Waals surface area contributed by atoms with Crippen LogP contribution >= 0.6 is 0 Å². The van der Waals surface area contributed by atoms with Gasteiger partial charge in [0.15, 0.2) is 0 Å². The van der Waals surface area contributed by atoms with Gasteiger partial charge in [-0.1, -0.05) is 12.1 Å². The molecule has 0 aromatic heterocycles. The van der Waals surface area contributed by atoms with Crippen molar-refractivity contribution >= 4 is 11.7 Å². The topological polar surface area (TPSA) is 50.8 Å². The van der Waals surface area contributed by atoms with E-state index in [0.29, 0.717) is 32.9 Å². The average molecular weight is 310 g/mol. The minimum atomic E-state index is -0.426. The number of amides is 2. The van der Waals surface area contributed by atoms with Crippen molar-refractivity contribution in [1.29, 1.82) is 0 Å². The van der Waals surface area contributed by atoms with Gasteiger partial charge in [0.05, 0.1) is 25.0 Å². The predicted octanol–water partition coefficient (Wildman–Crippen LogP) is 2.88. The maximum Gasteiger partial charge on any atom is 0.321 e. The number of ether oxygens (including phenoxy) is 2. The van der Waals surface area contributed by atoms with Gasteiger partial charge >= 0.3 is 6.03 Å². The molecule has 0 aliphatic carbocycles. The van der Waals surface area contributed by atoms with E-state index in [-0.39, 0.29) is 17.8 Å². The summed E-state index contributed by atoms with van der Waals surface area (Å²) in [7, 11) is 0. The van der Waals surface area contributed by atoms with Crippen LogP contribution in [0, 0.1) is 5.82 Å². The Labute approximate surface area is 130 Å². The second-order valence-electron chi connectivity index (χ2n) is 5.16. The summed E-state index contributed by atoms with van der Waals surface area (Å²) in [6.45, 7) is 5.05. The number of carbonyl (C=O) groups excluding carboxylic acids is 1. The molecule has 5 nitrogen and oxygen atoms in total. The first-order valence-corrected chi connectivity index (χ1v) is 7.70. The van der Waals surface area contributed by atoms with Crippen molar-refractivity contribution in [2.45, 2.75) is 25.9 Å². The normalized spacial score (nSPS) is 15.8. The van der Waals surface area contributed by atoms with E-state index in [0.717, 1.165) is 12.8 Å². The lowest BCUT2D eigenvalue weighted by Gasteiger charge is -2.32. The molecule has 6 heteroatoms. The van der Waals surface area contributed by atoms with E-state index in [1.54, 1.807) is 23.1 Å². The van der Waals surface area contributed by atoms with Crippen molar-refractivity contribution < 1.29 is 18.7 Å². The molecule has 1 fully saturated rings. The van der Waals surface area contributed by atoms with Gasteiger partial charge in [0.2, 0.25) is 0 Å². The number of rotatable bonds is 6. The van der Waals surface area contributed by atoms with Crippen LogP contribution in [0.1, 0.15) is 19.8 Å². The SMILES string of the molecule is CCOCCOC1CCN(C(=O)Nc2ccccc2F)CC1. The molecular formula is C16H23FN2O3. The molecule has 1 aromatic rings. The number of hydrogen-bond donors (Lipinski definition) is 1. The largest absolute Gasteiger partial charge is 0.379 e. The summed E-state index contributed by atoms with van der Waals surface area (Å²) in [5.41, 5.74) is 0.211. The fourth-order valence-corrected chi connectivity index (χ4v) is 2.40. The number of benzene rings is 1. The summed E-state index contributed by atoms with van der Waals surface area (Å²) < 4.78 is 24.4. The van der Waals surface area contributed by atoms with Gasteiger partial charge in [-0.25, -0.2) is 9.18 Å². The van der Waals surface area contributed by atoms with Crippen molar-refractivity contribution in [3.63, 3.8) is 0 Å². The third-order valence-corrected chi connectivity index (χ3v) is 3.63. The molecule has 0 bridgehead atoms. The highest BCUT2D eigenvalue weighted by Gasteiger charge is 2.23. The summed E-state index contributed by atoms with van der Waals surface area (Å²) in [4.78, 5) is 13.8. The van der Waals surface area contributed by atoms with E-state index in [1.807, 2.05) is 6.92 Å². The Bertz CT molecular complexity index is 476. The highest BCUT2D eigenvalue weighted by Crippen LogP contribution is 2.17. The maximum absolute atomic E-state index is 13.5. The number of carbonyl (C=O) groups is 1. The zero-order valence-electron chi connectivity index (χ0n) is 12.9. The molecule has 22 heavy (non-hydrogen) atoms. The number of para-hydroxylation sites is 1. The van der Waals surface area contributed by atoms with Gasteiger partial charge in [0.25, 0.3) is 0 Å². The Kier molecular flexibility index (Phi) is 6.61. The Balaban J connectivity index is 1.72. The standard InChI is InChI=1S/C16H23FN2O3/c1-2-21-11-12-22-13-7-9-19(10-8-13)16(20)18-15-6-4-3-5-14(15)17/h3-6,13H,2,7-12H2,1H3,(H,18,20). The van der Waals surface area contributed by atoms with Crippen LogP contribution in [0.5, 0.6) is 0 Å². The van der Waals surface area contributed by atoms with Gasteiger partial charge in [0.1, 0.15) is 5.82 Å². The van der Waals surface area contributed by atoms with E-state index in [4.69, 9.17) is 9.47 Å². The lowest BCUT2D eigenvalue weighted by atomic mass is 10.1. The molecule has 0 spiro atoms. The second-order valence-corrected chi connectivity index (χ2v) is 5.16. The Morgan fingerprint density at radius 1 is 1.32 bits per heavy atom. The summed E-state index contributed by atoms with van der Waals surface area (Å²) >= 11 is 0. The summed E-state index contributed by atoms with van der Waals surface area (Å²) in [5.74, 6) is -0.426. The molecule has 1 aliphatic rings. The maximum atomic E-state index is 13.5. The fourth-order valence-electron chi connectivity index (χ4n) is 2.40. The van der Waals surface area contributed by atoms with Crippen molar-refractivity contribution in [3.8, 4) is 0 Å². The molecule has 0 unspecified atom stereocenters. The zero-order chi connectivity index (χ0) is 15.8. The third kappa shape index (κ3) is 4.96. The zero-order valence-corrected chi connectivity index (χ0v) is 12.9. The molecule has 1 N–H and O–H groups in total. The van der Waals surface area contributed by atoms with E-state index in [9.17, 15) is 9.18 Å². The first-order chi connectivity index (χ1) is 10.7. The number of halogens is 1. The van der Waals surface area contributed by atoms with Crippen molar-refractivity contribution in [3.05, 3.63) is 30.1 Å². The molecule has 1 saturated heterocycles. The molecule has 1 aliphatic heterocycles. The number of anilines is 1. The Morgan fingerprint density at radius 3 is 2.73 bits per heavy atom. The van der Waals surface area contributed by atoms with Crippen LogP contribution in [0.2, 0.25) is 0 Å². The van der Waals surface area contributed by atoms with E-state index >= 15 is 0 Å². The van der Waals surface area contributed by atoms with Crippen molar-refractivity contribution in [2.24, 2.45) is 0 Å². The molecule has 1 aromatic carbocycles. The van der Waals surface area contributed by atoms with E-state index in [1.165, 1.54) is 6.07 Å². The number of piperidine rings is 1. The van der Waals surface area contributed by atoms with Gasteiger partial charge in [-0.15, -0.1) is 0 Å². The highest BCUT2D eigenvalue weighted by atomic mass is 19.1. The fraction of sp³-hybridized carbons (Fsp3) is 0.562. The minimum Gasteiger partial charge on any atom is -0.379 e. The van der Waals surface area contributed by atoms with Crippen LogP contribution in [0.4, 0.5) is 14.9 Å². The minimum absolute atomic E-state index is 0.165. The van der Waals surface area contributed by atoms with E-state index < -0.39 is 5.82 Å². The van der Waals surface area contributed by atoms with Crippen LogP contribution in [0.25, 0.3) is 0 Å². The third-order valence-electron chi connectivity index (χ3n) is 3.63. The van der Waals surface area contributed by atoms with Crippen LogP contribution < -0.4 is 5.32 Å². The first kappa shape index (κ1) is 16.7. The van der Waals surface area contributed by atoms with Gasteiger partial charge < -0.3 is 19.7 Å². The van der Waals surface area contributed by atoms with Crippen molar-refractivity contribution in [1.82, 2.24) is 4.90 Å². The van der Waals surface area contributed by atoms with Gasteiger partial charge in [0, 0.05) is 19.7 Å². The lowest BCUT2D eigenvalue weighted by Crippen LogP contribution is -2.43.